The van der Waals surface area contributed by atoms with Crippen LogP contribution in [0.15, 0.2) is 65.2 Å². The number of hydrogen-bond donors (Lipinski definition) is 3. The Morgan fingerprint density at radius 2 is 1.77 bits per heavy atom. The summed E-state index contributed by atoms with van der Waals surface area (Å²) in [6, 6.07) is 18.1. The van der Waals surface area contributed by atoms with E-state index >= 15 is 0 Å². The number of benzene rings is 3. The molecule has 2 heterocycles. The summed E-state index contributed by atoms with van der Waals surface area (Å²) in [5, 5.41) is 10.5. The maximum absolute atomic E-state index is 12.6. The number of carbonyl (C=O) groups excluding carboxylic acids is 2. The Bertz CT molecular complexity index is 1490. The monoisotopic (exact) mass is 542 g/mol. The molecule has 1 aliphatic heterocycles. The SMILES string of the molecule is Cc1ccc(NC(=O)NCc2ccccc2-c2noc3c(OCCN4CCN(C)CC4)ccc(C(N)=O)c23)cc1. The number of aryl methyl sites for hydroxylation is 1. The molecule has 0 radical (unpaired) electrons. The first-order chi connectivity index (χ1) is 19.4. The zero-order valence-electron chi connectivity index (χ0n) is 22.8. The number of fused-ring (bicyclic) bond motifs is 1. The van der Waals surface area contributed by atoms with Gasteiger partial charge in [0, 0.05) is 50.5 Å². The number of urea groups is 1. The van der Waals surface area contributed by atoms with Crippen molar-refractivity contribution >= 4 is 28.6 Å². The number of nitrogens with zero attached hydrogens (tertiary/aromatic N) is 3. The summed E-state index contributed by atoms with van der Waals surface area (Å²) in [6.07, 6.45) is 0. The van der Waals surface area contributed by atoms with Crippen LogP contribution in [0.4, 0.5) is 10.5 Å². The highest BCUT2D eigenvalue weighted by molar-refractivity contribution is 6.11. The second-order valence-corrected chi connectivity index (χ2v) is 10.0. The normalized spacial score (nSPS) is 14.2. The molecule has 1 aromatic heterocycles. The van der Waals surface area contributed by atoms with Crippen LogP contribution in [0.5, 0.6) is 5.75 Å². The predicted molar refractivity (Wildman–Crippen MR) is 154 cm³/mol. The van der Waals surface area contributed by atoms with Crippen LogP contribution in [0.3, 0.4) is 0 Å². The summed E-state index contributed by atoms with van der Waals surface area (Å²) in [4.78, 5) is 29.6. The van der Waals surface area contributed by atoms with E-state index < -0.39 is 5.91 Å². The highest BCUT2D eigenvalue weighted by Crippen LogP contribution is 2.37. The topological polar surface area (TPSA) is 126 Å². The van der Waals surface area contributed by atoms with Gasteiger partial charge in [-0.05, 0) is 43.8 Å². The molecule has 208 valence electrons. The number of nitrogens with two attached hydrogens (primary N) is 1. The summed E-state index contributed by atoms with van der Waals surface area (Å²) < 4.78 is 11.8. The number of primary amides is 1. The Morgan fingerprint density at radius 3 is 2.52 bits per heavy atom. The molecule has 4 aromatic rings. The molecule has 5 rings (SSSR count). The fourth-order valence-corrected chi connectivity index (χ4v) is 4.78. The number of amides is 3. The highest BCUT2D eigenvalue weighted by Gasteiger charge is 2.23. The van der Waals surface area contributed by atoms with Gasteiger partial charge in [0.15, 0.2) is 5.75 Å². The van der Waals surface area contributed by atoms with Crippen LogP contribution >= 0.6 is 0 Å². The number of likely N-dealkylation sites (N-methyl/N-ethyl adjacent to an activating group) is 1. The smallest absolute Gasteiger partial charge is 0.319 e. The number of ether oxygens (including phenoxy) is 1. The van der Waals surface area contributed by atoms with Gasteiger partial charge in [0.25, 0.3) is 0 Å². The van der Waals surface area contributed by atoms with E-state index in [0.717, 1.165) is 43.9 Å². The summed E-state index contributed by atoms with van der Waals surface area (Å²) in [7, 11) is 2.13. The van der Waals surface area contributed by atoms with Crippen LogP contribution < -0.4 is 21.1 Å². The first kappa shape index (κ1) is 27.2. The fourth-order valence-electron chi connectivity index (χ4n) is 4.78. The van der Waals surface area contributed by atoms with Crippen molar-refractivity contribution in [3.8, 4) is 17.0 Å². The van der Waals surface area contributed by atoms with Gasteiger partial charge in [-0.15, -0.1) is 0 Å². The Kier molecular flexibility index (Phi) is 8.28. The molecule has 1 saturated heterocycles. The van der Waals surface area contributed by atoms with Crippen molar-refractivity contribution in [1.82, 2.24) is 20.3 Å². The number of carbonyl (C=O) groups is 2. The van der Waals surface area contributed by atoms with Gasteiger partial charge in [-0.2, -0.15) is 0 Å². The van der Waals surface area contributed by atoms with Crippen LogP contribution in [0, 0.1) is 6.92 Å². The molecule has 0 spiro atoms. The molecular weight excluding hydrogens is 508 g/mol. The second-order valence-electron chi connectivity index (χ2n) is 10.0. The third-order valence-corrected chi connectivity index (χ3v) is 7.13. The number of anilines is 1. The fraction of sp³-hybridized carbons (Fsp3) is 0.300. The van der Waals surface area contributed by atoms with Gasteiger partial charge >= 0.3 is 6.03 Å². The molecule has 3 amide bonds. The van der Waals surface area contributed by atoms with Crippen LogP contribution in [0.1, 0.15) is 21.5 Å². The molecule has 4 N–H and O–H groups in total. The maximum atomic E-state index is 12.6. The summed E-state index contributed by atoms with van der Waals surface area (Å²) in [5.41, 5.74) is 10.2. The minimum absolute atomic E-state index is 0.231. The van der Waals surface area contributed by atoms with E-state index in [1.807, 2.05) is 55.5 Å². The van der Waals surface area contributed by atoms with Crippen molar-refractivity contribution < 1.29 is 18.8 Å². The standard InChI is InChI=1S/C30H34N6O4/c1-20-7-9-22(10-8-20)33-30(38)32-19-21-5-3-4-6-23(21)27-26-24(29(31)37)11-12-25(28(26)40-34-27)39-18-17-36-15-13-35(2)14-16-36/h3-12H,13-19H2,1-2H3,(H2,31,37)(H2,32,33,38). The second kappa shape index (κ2) is 12.2. The van der Waals surface area contributed by atoms with Crippen molar-refractivity contribution in [3.05, 3.63) is 77.4 Å². The van der Waals surface area contributed by atoms with Crippen LogP contribution in [-0.4, -0.2) is 73.3 Å². The number of nitrogens with one attached hydrogen (secondary N) is 2. The molecule has 0 bridgehead atoms. The van der Waals surface area contributed by atoms with Gasteiger partial charge in [-0.25, -0.2) is 4.79 Å². The van der Waals surface area contributed by atoms with Crippen LogP contribution in [0.2, 0.25) is 0 Å². The van der Waals surface area contributed by atoms with Gasteiger partial charge < -0.3 is 30.5 Å². The Morgan fingerprint density at radius 1 is 1.02 bits per heavy atom. The summed E-state index contributed by atoms with van der Waals surface area (Å²) >= 11 is 0. The van der Waals surface area contributed by atoms with E-state index in [1.54, 1.807) is 12.1 Å². The number of hydrogen-bond acceptors (Lipinski definition) is 7. The lowest BCUT2D eigenvalue weighted by Gasteiger charge is -2.32. The van der Waals surface area contributed by atoms with Gasteiger partial charge in [-0.3, -0.25) is 9.69 Å². The minimum Gasteiger partial charge on any atom is -0.488 e. The highest BCUT2D eigenvalue weighted by atomic mass is 16.5. The lowest BCUT2D eigenvalue weighted by molar-refractivity contribution is 0.100. The van der Waals surface area contributed by atoms with E-state index in [9.17, 15) is 9.59 Å². The van der Waals surface area contributed by atoms with E-state index in [-0.39, 0.29) is 18.1 Å². The number of piperazine rings is 1. The van der Waals surface area contributed by atoms with E-state index in [0.29, 0.717) is 40.3 Å². The van der Waals surface area contributed by atoms with Crippen molar-refractivity contribution in [2.75, 3.05) is 51.7 Å². The Labute approximate surface area is 233 Å². The molecule has 10 nitrogen and oxygen atoms in total. The van der Waals surface area contributed by atoms with Gasteiger partial charge in [0.1, 0.15) is 12.3 Å². The molecule has 10 heteroatoms. The van der Waals surface area contributed by atoms with Crippen molar-refractivity contribution in [2.24, 2.45) is 5.73 Å². The molecule has 1 aliphatic rings. The van der Waals surface area contributed by atoms with E-state index in [1.165, 1.54) is 0 Å². The van der Waals surface area contributed by atoms with Gasteiger partial charge in [0.2, 0.25) is 11.5 Å². The number of aromatic nitrogens is 1. The third-order valence-electron chi connectivity index (χ3n) is 7.13. The third kappa shape index (κ3) is 6.24. The average Bonchev–Trinajstić information content (AvgIpc) is 3.40. The Hall–Kier alpha value is -4.41. The Balaban J connectivity index is 1.35. The molecule has 3 aromatic carbocycles. The summed E-state index contributed by atoms with van der Waals surface area (Å²) in [6.45, 7) is 7.54. The lowest BCUT2D eigenvalue weighted by Crippen LogP contribution is -2.45. The molecule has 0 unspecified atom stereocenters. The van der Waals surface area contributed by atoms with Crippen LogP contribution in [-0.2, 0) is 6.54 Å². The molecule has 0 saturated carbocycles. The van der Waals surface area contributed by atoms with Crippen molar-refractivity contribution in [2.45, 2.75) is 13.5 Å². The summed E-state index contributed by atoms with van der Waals surface area (Å²) in [5.74, 6) is -0.0903. The predicted octanol–water partition coefficient (Wildman–Crippen LogP) is 3.85. The van der Waals surface area contributed by atoms with E-state index in [2.05, 4.69) is 32.6 Å². The molecule has 0 aliphatic carbocycles. The van der Waals surface area contributed by atoms with Crippen LogP contribution in [0.25, 0.3) is 22.2 Å². The molecule has 1 fully saturated rings. The van der Waals surface area contributed by atoms with Gasteiger partial charge in [0.05, 0.1) is 10.9 Å². The molecular formula is C30H34N6O4. The minimum atomic E-state index is -0.591. The quantitative estimate of drug-likeness (QED) is 0.293. The zero-order valence-corrected chi connectivity index (χ0v) is 22.8. The largest absolute Gasteiger partial charge is 0.488 e. The lowest BCUT2D eigenvalue weighted by atomic mass is 9.98. The van der Waals surface area contributed by atoms with Crippen molar-refractivity contribution in [3.63, 3.8) is 0 Å². The first-order valence-electron chi connectivity index (χ1n) is 13.3. The average molecular weight is 543 g/mol. The maximum Gasteiger partial charge on any atom is 0.319 e. The van der Waals surface area contributed by atoms with Gasteiger partial charge in [-0.1, -0.05) is 47.1 Å². The molecule has 0 atom stereocenters. The molecule has 40 heavy (non-hydrogen) atoms. The first-order valence-corrected chi connectivity index (χ1v) is 13.3. The van der Waals surface area contributed by atoms with Crippen molar-refractivity contribution in [1.29, 1.82) is 0 Å². The zero-order chi connectivity index (χ0) is 28.1. The number of rotatable bonds is 9. The van der Waals surface area contributed by atoms with E-state index in [4.69, 9.17) is 15.0 Å².